The van der Waals surface area contributed by atoms with E-state index in [9.17, 15) is 22.7 Å². The zero-order valence-electron chi connectivity index (χ0n) is 15.4. The highest BCUT2D eigenvalue weighted by molar-refractivity contribution is 7.99. The van der Waals surface area contributed by atoms with Gasteiger partial charge in [0.05, 0.1) is 16.8 Å². The third-order valence-corrected chi connectivity index (χ3v) is 7.57. The fraction of sp³-hybridized carbons (Fsp3) is 0.250. The van der Waals surface area contributed by atoms with Gasteiger partial charge in [-0.25, -0.2) is 12.8 Å². The third-order valence-electron chi connectivity index (χ3n) is 5.05. The molecule has 0 saturated carbocycles. The van der Waals surface area contributed by atoms with Crippen LogP contribution in [0.2, 0.25) is 5.02 Å². The lowest BCUT2D eigenvalue weighted by Gasteiger charge is -2.11. The SMILES string of the molecule is CS(=O)(=O)c1ccc(F)c2c1c(Sc1ccc(Cl)cc1)c1n2CCC1CC(=O)O. The van der Waals surface area contributed by atoms with E-state index in [1.807, 2.05) is 0 Å². The summed E-state index contributed by atoms with van der Waals surface area (Å²) in [5.74, 6) is -1.78. The van der Waals surface area contributed by atoms with Crippen LogP contribution in [0.5, 0.6) is 0 Å². The summed E-state index contributed by atoms with van der Waals surface area (Å²) in [4.78, 5) is 12.8. The number of benzene rings is 2. The molecule has 5 nitrogen and oxygen atoms in total. The number of fused-ring (bicyclic) bond motifs is 3. The molecule has 0 bridgehead atoms. The van der Waals surface area contributed by atoms with Crippen LogP contribution in [0.3, 0.4) is 0 Å². The number of nitrogens with zero attached hydrogens (tertiary/aromatic N) is 1. The molecule has 1 aliphatic heterocycles. The monoisotopic (exact) mass is 453 g/mol. The average molecular weight is 454 g/mol. The maximum atomic E-state index is 14.8. The molecule has 0 saturated heterocycles. The van der Waals surface area contributed by atoms with E-state index in [2.05, 4.69) is 0 Å². The fourth-order valence-electron chi connectivity index (χ4n) is 3.90. The van der Waals surface area contributed by atoms with Gasteiger partial charge in [0.15, 0.2) is 9.84 Å². The zero-order valence-corrected chi connectivity index (χ0v) is 17.7. The smallest absolute Gasteiger partial charge is 0.304 e. The number of carboxylic acids is 1. The van der Waals surface area contributed by atoms with Crippen molar-refractivity contribution < 1.29 is 22.7 Å². The minimum atomic E-state index is -3.63. The van der Waals surface area contributed by atoms with Crippen LogP contribution < -0.4 is 0 Å². The van der Waals surface area contributed by atoms with Gasteiger partial charge in [-0.3, -0.25) is 4.79 Å². The first-order valence-corrected chi connectivity index (χ1v) is 11.9. The predicted octanol–water partition coefficient (Wildman–Crippen LogP) is 4.95. The van der Waals surface area contributed by atoms with Crippen molar-refractivity contribution in [3.63, 3.8) is 0 Å². The van der Waals surface area contributed by atoms with Gasteiger partial charge in [-0.2, -0.15) is 0 Å². The molecule has 0 amide bonds. The van der Waals surface area contributed by atoms with E-state index < -0.39 is 21.6 Å². The minimum Gasteiger partial charge on any atom is -0.481 e. The quantitative estimate of drug-likeness (QED) is 0.553. The van der Waals surface area contributed by atoms with Gasteiger partial charge < -0.3 is 9.67 Å². The highest BCUT2D eigenvalue weighted by atomic mass is 35.5. The molecular weight excluding hydrogens is 437 g/mol. The molecule has 1 aliphatic rings. The Bertz CT molecular complexity index is 1240. The molecular formula is C20H17ClFNO4S2. The van der Waals surface area contributed by atoms with E-state index in [-0.39, 0.29) is 22.8 Å². The molecule has 1 aromatic heterocycles. The lowest BCUT2D eigenvalue weighted by Crippen LogP contribution is -2.04. The second kappa shape index (κ2) is 7.34. The van der Waals surface area contributed by atoms with Gasteiger partial charge in [0.2, 0.25) is 0 Å². The first kappa shape index (κ1) is 20.3. The predicted molar refractivity (Wildman–Crippen MR) is 110 cm³/mol. The Balaban J connectivity index is 2.03. The third kappa shape index (κ3) is 3.65. The molecule has 2 heterocycles. The summed E-state index contributed by atoms with van der Waals surface area (Å²) >= 11 is 7.27. The number of carbonyl (C=O) groups is 1. The van der Waals surface area contributed by atoms with Gasteiger partial charge in [-0.15, -0.1) is 0 Å². The number of halogens is 2. The van der Waals surface area contributed by atoms with Gasteiger partial charge in [0, 0.05) is 44.6 Å². The maximum absolute atomic E-state index is 14.8. The largest absolute Gasteiger partial charge is 0.481 e. The first-order chi connectivity index (χ1) is 13.7. The second-order valence-electron chi connectivity index (χ2n) is 7.05. The van der Waals surface area contributed by atoms with Gasteiger partial charge >= 0.3 is 5.97 Å². The first-order valence-electron chi connectivity index (χ1n) is 8.86. The van der Waals surface area contributed by atoms with E-state index in [1.165, 1.54) is 17.8 Å². The van der Waals surface area contributed by atoms with Crippen molar-refractivity contribution in [1.29, 1.82) is 0 Å². The summed E-state index contributed by atoms with van der Waals surface area (Å²) in [5.41, 5.74) is 0.893. The van der Waals surface area contributed by atoms with E-state index in [0.29, 0.717) is 34.0 Å². The molecule has 4 rings (SSSR count). The molecule has 0 aliphatic carbocycles. The van der Waals surface area contributed by atoms with Crippen molar-refractivity contribution in [3.8, 4) is 0 Å². The Morgan fingerprint density at radius 3 is 2.59 bits per heavy atom. The molecule has 3 aromatic rings. The van der Waals surface area contributed by atoms with Crippen LogP contribution in [-0.4, -0.2) is 30.3 Å². The fourth-order valence-corrected chi connectivity index (χ4v) is 6.18. The van der Waals surface area contributed by atoms with Crippen LogP contribution in [0, 0.1) is 5.82 Å². The van der Waals surface area contributed by atoms with Crippen molar-refractivity contribution in [2.24, 2.45) is 0 Å². The summed E-state index contributed by atoms with van der Waals surface area (Å²) in [5, 5.41) is 10.2. The summed E-state index contributed by atoms with van der Waals surface area (Å²) in [6.45, 7) is 0.440. The molecule has 0 radical (unpaired) electrons. The van der Waals surface area contributed by atoms with Crippen LogP contribution in [0.25, 0.3) is 10.9 Å². The molecule has 9 heteroatoms. The van der Waals surface area contributed by atoms with E-state index in [4.69, 9.17) is 11.6 Å². The lowest BCUT2D eigenvalue weighted by atomic mass is 10.0. The van der Waals surface area contributed by atoms with Crippen molar-refractivity contribution in [3.05, 3.63) is 52.9 Å². The molecule has 1 N–H and O–H groups in total. The summed E-state index contributed by atoms with van der Waals surface area (Å²) < 4.78 is 41.5. The van der Waals surface area contributed by atoms with Crippen LogP contribution in [0.15, 0.2) is 51.1 Å². The highest BCUT2D eigenvalue weighted by Gasteiger charge is 2.34. The minimum absolute atomic E-state index is 0.0429. The van der Waals surface area contributed by atoms with Crippen molar-refractivity contribution in [1.82, 2.24) is 4.57 Å². The number of carboxylic acid groups (broad SMARTS) is 1. The Labute approximate surface area is 176 Å². The van der Waals surface area contributed by atoms with E-state index in [0.717, 1.165) is 17.2 Å². The topological polar surface area (TPSA) is 76.4 Å². The highest BCUT2D eigenvalue weighted by Crippen LogP contribution is 2.49. The number of aliphatic carboxylic acids is 1. The maximum Gasteiger partial charge on any atom is 0.304 e. The number of hydrogen-bond acceptors (Lipinski definition) is 4. The van der Waals surface area contributed by atoms with Crippen molar-refractivity contribution in [2.75, 3.05) is 6.26 Å². The molecule has 1 atom stereocenters. The second-order valence-corrected chi connectivity index (χ2v) is 10.6. The summed E-state index contributed by atoms with van der Waals surface area (Å²) in [6, 6.07) is 9.46. The molecule has 2 aromatic carbocycles. The number of hydrogen-bond donors (Lipinski definition) is 1. The summed E-state index contributed by atoms with van der Waals surface area (Å²) in [7, 11) is -3.63. The van der Waals surface area contributed by atoms with Crippen LogP contribution in [0.4, 0.5) is 4.39 Å². The van der Waals surface area contributed by atoms with Crippen LogP contribution >= 0.6 is 23.4 Å². The standard InChI is InChI=1S/C20H17ClFNO4S2/c1-29(26,27)15-7-6-14(22)19-17(15)20(28-13-4-2-12(21)3-5-13)18-11(10-16(24)25)8-9-23(18)19/h2-7,11H,8-10H2,1H3,(H,24,25). The molecule has 29 heavy (non-hydrogen) atoms. The molecule has 0 spiro atoms. The Kier molecular flexibility index (Phi) is 5.13. The Morgan fingerprint density at radius 1 is 1.28 bits per heavy atom. The Morgan fingerprint density at radius 2 is 1.97 bits per heavy atom. The van der Waals surface area contributed by atoms with Crippen LogP contribution in [0.1, 0.15) is 24.5 Å². The number of sulfone groups is 1. The zero-order chi connectivity index (χ0) is 20.9. The van der Waals surface area contributed by atoms with Gasteiger partial charge in [-0.1, -0.05) is 23.4 Å². The van der Waals surface area contributed by atoms with Crippen molar-refractivity contribution in [2.45, 2.75) is 40.0 Å². The molecule has 152 valence electrons. The van der Waals surface area contributed by atoms with Crippen LogP contribution in [-0.2, 0) is 21.2 Å². The average Bonchev–Trinajstić information content (AvgIpc) is 3.16. The number of aryl methyl sites for hydroxylation is 1. The van der Waals surface area contributed by atoms with Gasteiger partial charge in [0.1, 0.15) is 5.82 Å². The van der Waals surface area contributed by atoms with Gasteiger partial charge in [0.25, 0.3) is 0 Å². The van der Waals surface area contributed by atoms with E-state index in [1.54, 1.807) is 28.8 Å². The van der Waals surface area contributed by atoms with Gasteiger partial charge in [-0.05, 0) is 42.8 Å². The Hall–Kier alpha value is -2.03. The lowest BCUT2D eigenvalue weighted by molar-refractivity contribution is -0.137. The van der Waals surface area contributed by atoms with Crippen molar-refractivity contribution >= 4 is 50.1 Å². The summed E-state index contributed by atoms with van der Waals surface area (Å²) in [6.07, 6.45) is 1.56. The normalized spacial score (nSPS) is 16.3. The number of rotatable bonds is 5. The van der Waals surface area contributed by atoms with E-state index >= 15 is 0 Å². The molecule has 1 unspecified atom stereocenters. The number of aromatic nitrogens is 1. The molecule has 0 fully saturated rings.